The number of hydrogen-bond donors (Lipinski definition) is 1. The molecule has 1 heterocycles. The van der Waals surface area contributed by atoms with Gasteiger partial charge in [0.25, 0.3) is 0 Å². The number of nitrogens with zero attached hydrogens (tertiary/aromatic N) is 1. The molecule has 0 aliphatic heterocycles. The average molecular weight is 276 g/mol. The van der Waals surface area contributed by atoms with Crippen LogP contribution in [-0.4, -0.2) is 18.1 Å². The Labute approximate surface area is 115 Å². The van der Waals surface area contributed by atoms with Crippen LogP contribution in [0.25, 0.3) is 0 Å². The molecule has 1 aromatic heterocycles. The van der Waals surface area contributed by atoms with Gasteiger partial charge >= 0.3 is 5.97 Å². The minimum Gasteiger partial charge on any atom is -0.494 e. The van der Waals surface area contributed by atoms with Crippen molar-refractivity contribution in [3.63, 3.8) is 0 Å². The number of carbonyl (C=O) groups excluding carboxylic acids is 1. The predicted octanol–water partition coefficient (Wildman–Crippen LogP) is 2.17. The van der Waals surface area contributed by atoms with Gasteiger partial charge in [0.05, 0.1) is 19.0 Å². The van der Waals surface area contributed by atoms with Gasteiger partial charge in [-0.15, -0.1) is 0 Å². The molecule has 0 saturated carbocycles. The number of methoxy groups -OCH3 is 1. The molecule has 5 nitrogen and oxygen atoms in total. The number of nitrogen functional groups attached to an aromatic ring is 1. The Morgan fingerprint density at radius 3 is 2.75 bits per heavy atom. The van der Waals surface area contributed by atoms with Crippen LogP contribution in [-0.2, 0) is 11.3 Å². The van der Waals surface area contributed by atoms with Crippen molar-refractivity contribution in [2.75, 3.05) is 12.8 Å². The van der Waals surface area contributed by atoms with E-state index in [9.17, 15) is 9.18 Å². The lowest BCUT2D eigenvalue weighted by atomic mass is 10.2. The van der Waals surface area contributed by atoms with E-state index in [0.29, 0.717) is 11.3 Å². The lowest BCUT2D eigenvalue weighted by Gasteiger charge is -2.06. The van der Waals surface area contributed by atoms with E-state index < -0.39 is 11.8 Å². The monoisotopic (exact) mass is 276 g/mol. The van der Waals surface area contributed by atoms with Crippen LogP contribution >= 0.6 is 0 Å². The molecule has 1 aromatic carbocycles. The minimum atomic E-state index is -0.596. The van der Waals surface area contributed by atoms with Crippen LogP contribution in [0, 0.1) is 5.82 Å². The van der Waals surface area contributed by atoms with Crippen molar-refractivity contribution in [2.24, 2.45) is 0 Å². The number of nitrogens with two attached hydrogens (primary N) is 1. The first-order chi connectivity index (χ1) is 9.60. The first-order valence-electron chi connectivity index (χ1n) is 5.81. The second-order valence-electron chi connectivity index (χ2n) is 4.02. The fourth-order valence-electron chi connectivity index (χ4n) is 1.55. The number of anilines is 1. The maximum atomic E-state index is 13.5. The zero-order valence-corrected chi connectivity index (χ0v) is 10.8. The Morgan fingerprint density at radius 2 is 2.15 bits per heavy atom. The molecule has 6 heteroatoms. The van der Waals surface area contributed by atoms with Crippen molar-refractivity contribution in [1.82, 2.24) is 4.98 Å². The second-order valence-corrected chi connectivity index (χ2v) is 4.02. The molecule has 2 N–H and O–H groups in total. The number of hydrogen-bond acceptors (Lipinski definition) is 5. The molecule has 0 amide bonds. The fourth-order valence-corrected chi connectivity index (χ4v) is 1.55. The molecule has 20 heavy (non-hydrogen) atoms. The third-order valence-electron chi connectivity index (χ3n) is 2.58. The highest BCUT2D eigenvalue weighted by Crippen LogP contribution is 2.18. The van der Waals surface area contributed by atoms with E-state index in [2.05, 4.69) is 4.98 Å². The van der Waals surface area contributed by atoms with Gasteiger partial charge < -0.3 is 15.2 Å². The van der Waals surface area contributed by atoms with Gasteiger partial charge in [0, 0.05) is 0 Å². The number of pyridine rings is 1. The van der Waals surface area contributed by atoms with Crippen LogP contribution in [0.1, 0.15) is 16.1 Å². The van der Waals surface area contributed by atoms with Crippen molar-refractivity contribution in [3.8, 4) is 5.75 Å². The molecule has 0 radical (unpaired) electrons. The van der Waals surface area contributed by atoms with E-state index in [1.165, 1.54) is 31.5 Å². The standard InChI is InChI=1S/C14H13FN2O3/c1-19-13-5-2-9(6-11(13)15)8-20-14(18)12-4-3-10(16)7-17-12/h2-7H,8,16H2,1H3. The SMILES string of the molecule is COc1ccc(COC(=O)c2ccc(N)cn2)cc1F. The average Bonchev–Trinajstić information content (AvgIpc) is 2.45. The molecule has 0 bridgehead atoms. The molecule has 0 fully saturated rings. The first-order valence-corrected chi connectivity index (χ1v) is 5.81. The zero-order valence-electron chi connectivity index (χ0n) is 10.8. The number of carbonyl (C=O) groups is 1. The van der Waals surface area contributed by atoms with E-state index in [1.807, 2.05) is 0 Å². The minimum absolute atomic E-state index is 0.0498. The fraction of sp³-hybridized carbons (Fsp3) is 0.143. The van der Waals surface area contributed by atoms with Gasteiger partial charge in [-0.1, -0.05) is 6.07 Å². The number of benzene rings is 1. The van der Waals surface area contributed by atoms with Crippen LogP contribution in [0.2, 0.25) is 0 Å². The van der Waals surface area contributed by atoms with E-state index in [1.54, 1.807) is 12.1 Å². The molecule has 0 aliphatic carbocycles. The van der Waals surface area contributed by atoms with Crippen LogP contribution < -0.4 is 10.5 Å². The zero-order chi connectivity index (χ0) is 14.5. The summed E-state index contributed by atoms with van der Waals surface area (Å²) in [7, 11) is 1.38. The van der Waals surface area contributed by atoms with Crippen molar-refractivity contribution in [3.05, 3.63) is 53.6 Å². The van der Waals surface area contributed by atoms with Crippen molar-refractivity contribution >= 4 is 11.7 Å². The van der Waals surface area contributed by atoms with E-state index in [-0.39, 0.29) is 18.1 Å². The summed E-state index contributed by atoms with van der Waals surface area (Å²) >= 11 is 0. The Bertz CT molecular complexity index is 614. The van der Waals surface area contributed by atoms with Gasteiger partial charge in [0.1, 0.15) is 12.3 Å². The first kappa shape index (κ1) is 13.8. The normalized spacial score (nSPS) is 10.1. The molecule has 104 valence electrons. The molecular formula is C14H13FN2O3. The van der Waals surface area contributed by atoms with E-state index in [4.69, 9.17) is 15.2 Å². The van der Waals surface area contributed by atoms with Crippen LogP contribution in [0.4, 0.5) is 10.1 Å². The highest BCUT2D eigenvalue weighted by atomic mass is 19.1. The van der Waals surface area contributed by atoms with E-state index >= 15 is 0 Å². The smallest absolute Gasteiger partial charge is 0.357 e. The third kappa shape index (κ3) is 3.23. The molecule has 0 spiro atoms. The molecule has 0 atom stereocenters. The molecular weight excluding hydrogens is 263 g/mol. The maximum absolute atomic E-state index is 13.5. The summed E-state index contributed by atoms with van der Waals surface area (Å²) < 4.78 is 23.3. The second kappa shape index (κ2) is 6.01. The van der Waals surface area contributed by atoms with Crippen LogP contribution in [0.3, 0.4) is 0 Å². The largest absolute Gasteiger partial charge is 0.494 e. The Hall–Kier alpha value is -2.63. The summed E-state index contributed by atoms with van der Waals surface area (Å²) in [6.45, 7) is -0.0498. The Kier molecular flexibility index (Phi) is 4.14. The van der Waals surface area contributed by atoms with Gasteiger partial charge in [-0.05, 0) is 29.8 Å². The summed E-state index contributed by atoms with van der Waals surface area (Å²) in [5, 5.41) is 0. The predicted molar refractivity (Wildman–Crippen MR) is 70.7 cm³/mol. The highest BCUT2D eigenvalue weighted by Gasteiger charge is 2.10. The molecule has 2 rings (SSSR count). The van der Waals surface area contributed by atoms with Gasteiger partial charge in [-0.25, -0.2) is 14.2 Å². The van der Waals surface area contributed by atoms with E-state index in [0.717, 1.165) is 0 Å². The van der Waals surface area contributed by atoms with Gasteiger partial charge in [0.15, 0.2) is 11.6 Å². The molecule has 2 aromatic rings. The Balaban J connectivity index is 1.99. The summed E-state index contributed by atoms with van der Waals surface area (Å²) in [4.78, 5) is 15.5. The molecule has 0 aliphatic rings. The number of esters is 1. The summed E-state index contributed by atoms with van der Waals surface area (Å²) in [5.74, 6) is -0.965. The van der Waals surface area contributed by atoms with Crippen LogP contribution in [0.5, 0.6) is 5.75 Å². The lowest BCUT2D eigenvalue weighted by Crippen LogP contribution is -2.07. The quantitative estimate of drug-likeness (QED) is 0.866. The van der Waals surface area contributed by atoms with Crippen LogP contribution in [0.15, 0.2) is 36.5 Å². The van der Waals surface area contributed by atoms with Gasteiger partial charge in [-0.2, -0.15) is 0 Å². The summed E-state index contributed by atoms with van der Waals surface area (Å²) in [5.41, 5.74) is 6.59. The van der Waals surface area contributed by atoms with Crippen molar-refractivity contribution in [2.45, 2.75) is 6.61 Å². The maximum Gasteiger partial charge on any atom is 0.357 e. The third-order valence-corrected chi connectivity index (χ3v) is 2.58. The van der Waals surface area contributed by atoms with Crippen molar-refractivity contribution < 1.29 is 18.7 Å². The summed E-state index contributed by atoms with van der Waals surface area (Å²) in [6.07, 6.45) is 1.36. The number of rotatable bonds is 4. The lowest BCUT2D eigenvalue weighted by molar-refractivity contribution is 0.0465. The topological polar surface area (TPSA) is 74.4 Å². The highest BCUT2D eigenvalue weighted by molar-refractivity contribution is 5.87. The number of ether oxygens (including phenoxy) is 2. The number of halogens is 1. The van der Waals surface area contributed by atoms with Gasteiger partial charge in [-0.3, -0.25) is 0 Å². The Morgan fingerprint density at radius 1 is 1.35 bits per heavy atom. The molecule has 0 unspecified atom stereocenters. The summed E-state index contributed by atoms with van der Waals surface area (Å²) in [6, 6.07) is 7.36. The van der Waals surface area contributed by atoms with Crippen molar-refractivity contribution in [1.29, 1.82) is 0 Å². The van der Waals surface area contributed by atoms with Gasteiger partial charge in [0.2, 0.25) is 0 Å². The molecule has 0 saturated heterocycles. The number of aromatic nitrogens is 1.